The molecule has 1 N–H and O–H groups in total. The molecule has 0 radical (unpaired) electrons. The highest BCUT2D eigenvalue weighted by Gasteiger charge is 2.34. The van der Waals surface area contributed by atoms with Crippen LogP contribution in [0, 0.1) is 0 Å². The van der Waals surface area contributed by atoms with Crippen LogP contribution in [-0.4, -0.2) is 63.8 Å². The van der Waals surface area contributed by atoms with E-state index in [1.807, 2.05) is 28.9 Å². The number of fused-ring (bicyclic) bond motifs is 2. The number of nitrogens with one attached hydrogen (secondary N) is 1. The van der Waals surface area contributed by atoms with Gasteiger partial charge in [-0.1, -0.05) is 12.7 Å². The van der Waals surface area contributed by atoms with Crippen LogP contribution in [0.2, 0.25) is 0 Å². The number of aryl methyl sites for hydroxylation is 2. The first-order valence-electron chi connectivity index (χ1n) is 13.3. The average Bonchev–Trinajstić information content (AvgIpc) is 3.55. The van der Waals surface area contributed by atoms with Crippen LogP contribution in [0.1, 0.15) is 47.7 Å². The van der Waals surface area contributed by atoms with Gasteiger partial charge in [-0.05, 0) is 54.5 Å². The van der Waals surface area contributed by atoms with Gasteiger partial charge in [-0.25, -0.2) is 4.79 Å². The largest absolute Gasteiger partial charge is 0.381 e. The summed E-state index contributed by atoms with van der Waals surface area (Å²) in [5.74, 6) is 0.986. The molecular weight excluding hydrogens is 466 g/mol. The molecular formula is C28H35N7O2. The van der Waals surface area contributed by atoms with Crippen LogP contribution < -0.4 is 10.2 Å². The van der Waals surface area contributed by atoms with Crippen LogP contribution in [-0.2, 0) is 31.2 Å². The van der Waals surface area contributed by atoms with Crippen molar-refractivity contribution in [2.75, 3.05) is 38.3 Å². The number of carbonyl (C=O) groups is 1. The topological polar surface area (TPSA) is 80.5 Å². The van der Waals surface area contributed by atoms with E-state index in [-0.39, 0.29) is 6.03 Å². The Hall–Kier alpha value is -3.59. The van der Waals surface area contributed by atoms with Gasteiger partial charge in [0.25, 0.3) is 0 Å². The summed E-state index contributed by atoms with van der Waals surface area (Å²) in [6.45, 7) is 7.82. The second kappa shape index (κ2) is 9.70. The molecule has 0 saturated carbocycles. The number of anilines is 2. The fraction of sp³-hybridized carbons (Fsp3) is 0.464. The zero-order valence-electron chi connectivity index (χ0n) is 21.7. The maximum atomic E-state index is 12.6. The predicted octanol–water partition coefficient (Wildman–Crippen LogP) is 4.06. The van der Waals surface area contributed by atoms with Crippen LogP contribution in [0.3, 0.4) is 0 Å². The molecule has 1 aromatic carbocycles. The van der Waals surface area contributed by atoms with E-state index in [1.54, 1.807) is 7.05 Å². The third-order valence-corrected chi connectivity index (χ3v) is 7.96. The van der Waals surface area contributed by atoms with Gasteiger partial charge in [0.05, 0.1) is 18.8 Å². The van der Waals surface area contributed by atoms with Crippen molar-refractivity contribution >= 4 is 23.6 Å². The van der Waals surface area contributed by atoms with Crippen LogP contribution in [0.4, 0.5) is 16.3 Å². The second-order valence-electron chi connectivity index (χ2n) is 10.2. The first-order chi connectivity index (χ1) is 18.1. The minimum Gasteiger partial charge on any atom is -0.381 e. The summed E-state index contributed by atoms with van der Waals surface area (Å²) in [6.07, 6.45) is 10.7. The molecule has 1 saturated heterocycles. The van der Waals surface area contributed by atoms with E-state index in [9.17, 15) is 4.79 Å². The zero-order chi connectivity index (χ0) is 25.5. The third kappa shape index (κ3) is 4.21. The van der Waals surface area contributed by atoms with Crippen molar-refractivity contribution in [1.82, 2.24) is 29.8 Å². The van der Waals surface area contributed by atoms with Gasteiger partial charge in [0.2, 0.25) is 0 Å². The van der Waals surface area contributed by atoms with E-state index in [4.69, 9.17) is 9.84 Å². The van der Waals surface area contributed by atoms with Crippen LogP contribution in [0.15, 0.2) is 31.1 Å². The molecule has 3 aliphatic heterocycles. The quantitative estimate of drug-likeness (QED) is 0.583. The van der Waals surface area contributed by atoms with E-state index in [2.05, 4.69) is 44.9 Å². The number of ether oxygens (including phenoxy) is 1. The highest BCUT2D eigenvalue weighted by atomic mass is 16.5. The van der Waals surface area contributed by atoms with Crippen molar-refractivity contribution in [2.24, 2.45) is 7.05 Å². The molecule has 2 amide bonds. The van der Waals surface area contributed by atoms with Crippen molar-refractivity contribution in [2.45, 2.75) is 44.7 Å². The number of amides is 2. The Kier molecular flexibility index (Phi) is 6.24. The van der Waals surface area contributed by atoms with Gasteiger partial charge in [0.1, 0.15) is 0 Å². The van der Waals surface area contributed by atoms with E-state index in [0.717, 1.165) is 74.4 Å². The number of rotatable bonds is 4. The number of nitrogens with zero attached hydrogens (tertiary/aromatic N) is 6. The molecule has 3 aliphatic rings. The Morgan fingerprint density at radius 2 is 2.05 bits per heavy atom. The van der Waals surface area contributed by atoms with Crippen molar-refractivity contribution in [3.63, 3.8) is 0 Å². The van der Waals surface area contributed by atoms with Crippen LogP contribution in [0.5, 0.6) is 0 Å². The Morgan fingerprint density at radius 1 is 1.22 bits per heavy atom. The number of hydrogen-bond acceptors (Lipinski definition) is 5. The Labute approximate surface area is 217 Å². The summed E-state index contributed by atoms with van der Waals surface area (Å²) in [7, 11) is 3.64. The molecule has 1 fully saturated rings. The van der Waals surface area contributed by atoms with E-state index in [1.165, 1.54) is 22.5 Å². The molecule has 37 heavy (non-hydrogen) atoms. The minimum atomic E-state index is -0.0375. The molecule has 0 aliphatic carbocycles. The molecule has 0 unspecified atom stereocenters. The molecule has 0 atom stereocenters. The van der Waals surface area contributed by atoms with Gasteiger partial charge in [0.15, 0.2) is 5.82 Å². The smallest absolute Gasteiger partial charge is 0.317 e. The molecule has 6 rings (SSSR count). The predicted molar refractivity (Wildman–Crippen MR) is 144 cm³/mol. The molecule has 9 heteroatoms. The highest BCUT2D eigenvalue weighted by Crippen LogP contribution is 2.42. The third-order valence-electron chi connectivity index (χ3n) is 7.96. The number of urea groups is 1. The molecule has 9 nitrogen and oxygen atoms in total. The van der Waals surface area contributed by atoms with Crippen LogP contribution in [0.25, 0.3) is 17.2 Å². The summed E-state index contributed by atoms with van der Waals surface area (Å²) >= 11 is 0. The first-order valence-corrected chi connectivity index (χ1v) is 13.3. The maximum absolute atomic E-state index is 12.6. The molecule has 3 aromatic rings. The summed E-state index contributed by atoms with van der Waals surface area (Å²) in [6, 6.07) is 4.85. The van der Waals surface area contributed by atoms with E-state index < -0.39 is 0 Å². The fourth-order valence-corrected chi connectivity index (χ4v) is 6.06. The van der Waals surface area contributed by atoms with Crippen molar-refractivity contribution in [3.8, 4) is 11.1 Å². The van der Waals surface area contributed by atoms with Crippen molar-refractivity contribution in [1.29, 1.82) is 0 Å². The first kappa shape index (κ1) is 23.8. The molecule has 0 spiro atoms. The Morgan fingerprint density at radius 3 is 2.78 bits per heavy atom. The van der Waals surface area contributed by atoms with Crippen molar-refractivity contribution < 1.29 is 9.53 Å². The lowest BCUT2D eigenvalue weighted by molar-refractivity contribution is 0.0651. The van der Waals surface area contributed by atoms with Crippen molar-refractivity contribution in [3.05, 3.63) is 53.5 Å². The lowest BCUT2D eigenvalue weighted by Crippen LogP contribution is -2.42. The van der Waals surface area contributed by atoms with Gasteiger partial charge in [-0.3, -0.25) is 9.36 Å². The normalized spacial score (nSPS) is 17.9. The molecule has 194 valence electrons. The summed E-state index contributed by atoms with van der Waals surface area (Å²) < 4.78 is 9.74. The van der Waals surface area contributed by atoms with E-state index in [0.29, 0.717) is 19.1 Å². The van der Waals surface area contributed by atoms with Gasteiger partial charge < -0.3 is 19.9 Å². The summed E-state index contributed by atoms with van der Waals surface area (Å²) in [5, 5.41) is 12.5. The lowest BCUT2D eigenvalue weighted by atomic mass is 9.92. The summed E-state index contributed by atoms with van der Waals surface area (Å²) in [4.78, 5) is 16.8. The fourth-order valence-electron chi connectivity index (χ4n) is 6.06. The Balaban J connectivity index is 1.45. The maximum Gasteiger partial charge on any atom is 0.317 e. The zero-order valence-corrected chi connectivity index (χ0v) is 21.7. The minimum absolute atomic E-state index is 0.0375. The molecule has 0 bridgehead atoms. The highest BCUT2D eigenvalue weighted by molar-refractivity contribution is 5.82. The SMILES string of the molecule is C=Cc1cc2c(cc1-c1cnn(C)c1)CCCN2c1nn(C2CCOCC2)c2c1CN(C(=O)NC)CC2. The second-order valence-corrected chi connectivity index (χ2v) is 10.2. The van der Waals surface area contributed by atoms with Gasteiger partial charge in [-0.15, -0.1) is 0 Å². The van der Waals surface area contributed by atoms with Gasteiger partial charge in [0, 0.05) is 75.5 Å². The number of aromatic nitrogens is 4. The molecule has 2 aromatic heterocycles. The standard InChI is InChI=1S/C28H35N7O2/c1-4-19-15-26-20(14-23(19)21-16-30-32(3)17-21)6-5-10-34(26)27-24-18-33(28(36)29-2)11-7-25(24)35(31-27)22-8-12-37-13-9-22/h4,14-17,22H,1,5-13,18H2,2-3H3,(H,29,36). The molecule has 5 heterocycles. The average molecular weight is 502 g/mol. The number of hydrogen-bond donors (Lipinski definition) is 1. The van der Waals surface area contributed by atoms with Gasteiger partial charge in [-0.2, -0.15) is 10.2 Å². The number of benzene rings is 1. The lowest BCUT2D eigenvalue weighted by Gasteiger charge is -2.33. The Bertz CT molecular complexity index is 1330. The monoisotopic (exact) mass is 501 g/mol. The summed E-state index contributed by atoms with van der Waals surface area (Å²) in [5.41, 5.74) is 8.28. The van der Waals surface area contributed by atoms with Crippen LogP contribution >= 0.6 is 0 Å². The number of carbonyl (C=O) groups excluding carboxylic acids is 1. The van der Waals surface area contributed by atoms with Gasteiger partial charge >= 0.3 is 6.03 Å². The van der Waals surface area contributed by atoms with E-state index >= 15 is 0 Å².